The third-order valence-corrected chi connectivity index (χ3v) is 5.03. The summed E-state index contributed by atoms with van der Waals surface area (Å²) in [6.45, 7) is 8.14. The molecule has 2 unspecified atom stereocenters. The van der Waals surface area contributed by atoms with E-state index in [1.54, 1.807) is 0 Å². The van der Waals surface area contributed by atoms with E-state index in [1.165, 1.54) is 50.9 Å². The summed E-state index contributed by atoms with van der Waals surface area (Å²) >= 11 is 12.1. The molecular formula is C17H26Cl2N2. The van der Waals surface area contributed by atoms with Crippen LogP contribution in [0.2, 0.25) is 10.0 Å². The van der Waals surface area contributed by atoms with E-state index in [4.69, 9.17) is 23.2 Å². The number of hydrogen-bond acceptors (Lipinski definition) is 2. The molecule has 0 aromatic heterocycles. The second kappa shape index (κ2) is 8.38. The SMILES string of the molecule is CCCN1CCCC(NC(C)c2ccc(Cl)c(Cl)c2)CC1. The molecule has 1 N–H and O–H groups in total. The van der Waals surface area contributed by atoms with E-state index in [1.807, 2.05) is 12.1 Å². The molecule has 1 aromatic rings. The van der Waals surface area contributed by atoms with Crippen LogP contribution < -0.4 is 5.32 Å². The largest absolute Gasteiger partial charge is 0.307 e. The van der Waals surface area contributed by atoms with Crippen LogP contribution in [0.3, 0.4) is 0 Å². The highest BCUT2D eigenvalue weighted by atomic mass is 35.5. The van der Waals surface area contributed by atoms with E-state index >= 15 is 0 Å². The molecule has 1 heterocycles. The molecular weight excluding hydrogens is 303 g/mol. The summed E-state index contributed by atoms with van der Waals surface area (Å²) in [4.78, 5) is 2.59. The van der Waals surface area contributed by atoms with Gasteiger partial charge in [0.25, 0.3) is 0 Å². The Bertz CT molecular complexity index is 450. The van der Waals surface area contributed by atoms with Crippen LogP contribution in [0.5, 0.6) is 0 Å². The lowest BCUT2D eigenvalue weighted by molar-refractivity contribution is 0.281. The summed E-state index contributed by atoms with van der Waals surface area (Å²) in [5, 5.41) is 5.02. The molecule has 1 aliphatic heterocycles. The number of benzene rings is 1. The Labute approximate surface area is 138 Å². The van der Waals surface area contributed by atoms with Gasteiger partial charge in [-0.2, -0.15) is 0 Å². The first-order chi connectivity index (χ1) is 10.1. The molecule has 1 aliphatic rings. The molecule has 0 amide bonds. The number of hydrogen-bond donors (Lipinski definition) is 1. The highest BCUT2D eigenvalue weighted by Crippen LogP contribution is 2.26. The van der Waals surface area contributed by atoms with Gasteiger partial charge in [0.15, 0.2) is 0 Å². The number of rotatable bonds is 5. The van der Waals surface area contributed by atoms with Gasteiger partial charge in [-0.05, 0) is 69.9 Å². The fourth-order valence-corrected chi connectivity index (χ4v) is 3.40. The lowest BCUT2D eigenvalue weighted by Crippen LogP contribution is -2.33. The number of nitrogens with one attached hydrogen (secondary N) is 1. The normalized spacial score (nSPS) is 22.0. The van der Waals surface area contributed by atoms with Crippen LogP contribution in [0, 0.1) is 0 Å². The summed E-state index contributed by atoms with van der Waals surface area (Å²) in [7, 11) is 0. The van der Waals surface area contributed by atoms with Crippen molar-refractivity contribution in [3.63, 3.8) is 0 Å². The molecule has 1 saturated heterocycles. The molecule has 2 atom stereocenters. The number of halogens is 2. The molecule has 2 nitrogen and oxygen atoms in total. The van der Waals surface area contributed by atoms with Crippen molar-refractivity contribution >= 4 is 23.2 Å². The summed E-state index contributed by atoms with van der Waals surface area (Å²) in [6, 6.07) is 6.82. The van der Waals surface area contributed by atoms with Gasteiger partial charge in [0, 0.05) is 12.1 Å². The van der Waals surface area contributed by atoms with Crippen molar-refractivity contribution in [1.82, 2.24) is 10.2 Å². The lowest BCUT2D eigenvalue weighted by Gasteiger charge is -2.23. The van der Waals surface area contributed by atoms with Crippen molar-refractivity contribution in [3.8, 4) is 0 Å². The number of nitrogens with zero attached hydrogens (tertiary/aromatic N) is 1. The maximum absolute atomic E-state index is 6.11. The van der Waals surface area contributed by atoms with Crippen LogP contribution >= 0.6 is 23.2 Å². The predicted octanol–water partition coefficient (Wildman–Crippen LogP) is 4.91. The van der Waals surface area contributed by atoms with Gasteiger partial charge in [0.1, 0.15) is 0 Å². The summed E-state index contributed by atoms with van der Waals surface area (Å²) in [6.07, 6.45) is 5.01. The van der Waals surface area contributed by atoms with Gasteiger partial charge >= 0.3 is 0 Å². The van der Waals surface area contributed by atoms with Gasteiger partial charge in [-0.25, -0.2) is 0 Å². The zero-order chi connectivity index (χ0) is 15.2. The van der Waals surface area contributed by atoms with E-state index in [2.05, 4.69) is 30.1 Å². The molecule has 0 aliphatic carbocycles. The van der Waals surface area contributed by atoms with E-state index in [0.717, 1.165) is 0 Å². The predicted molar refractivity (Wildman–Crippen MR) is 92.4 cm³/mol. The standard InChI is InChI=1S/C17H26Cl2N2/c1-3-9-21-10-4-5-15(8-11-21)20-13(2)14-6-7-16(18)17(19)12-14/h6-7,12-13,15,20H,3-5,8-11H2,1-2H3. The van der Waals surface area contributed by atoms with Crippen molar-refractivity contribution in [1.29, 1.82) is 0 Å². The van der Waals surface area contributed by atoms with Crippen molar-refractivity contribution in [2.24, 2.45) is 0 Å². The monoisotopic (exact) mass is 328 g/mol. The smallest absolute Gasteiger partial charge is 0.0595 e. The Morgan fingerprint density at radius 2 is 2.05 bits per heavy atom. The quantitative estimate of drug-likeness (QED) is 0.826. The van der Waals surface area contributed by atoms with E-state index in [0.29, 0.717) is 22.1 Å². The summed E-state index contributed by atoms with van der Waals surface area (Å²) < 4.78 is 0. The van der Waals surface area contributed by atoms with Crippen LogP contribution in [0.25, 0.3) is 0 Å². The maximum Gasteiger partial charge on any atom is 0.0595 e. The minimum absolute atomic E-state index is 0.308. The van der Waals surface area contributed by atoms with Gasteiger partial charge in [0.05, 0.1) is 10.0 Å². The first kappa shape index (κ1) is 17.1. The van der Waals surface area contributed by atoms with Crippen LogP contribution in [0.15, 0.2) is 18.2 Å². The third kappa shape index (κ3) is 5.14. The van der Waals surface area contributed by atoms with Crippen molar-refractivity contribution < 1.29 is 0 Å². The second-order valence-corrected chi connectivity index (χ2v) is 6.85. The average molecular weight is 329 g/mol. The molecule has 0 bridgehead atoms. The first-order valence-corrected chi connectivity index (χ1v) is 8.79. The van der Waals surface area contributed by atoms with Crippen molar-refractivity contribution in [2.75, 3.05) is 19.6 Å². The van der Waals surface area contributed by atoms with E-state index < -0.39 is 0 Å². The molecule has 21 heavy (non-hydrogen) atoms. The molecule has 4 heteroatoms. The van der Waals surface area contributed by atoms with Crippen molar-refractivity contribution in [3.05, 3.63) is 33.8 Å². The highest BCUT2D eigenvalue weighted by Gasteiger charge is 2.18. The van der Waals surface area contributed by atoms with Crippen LogP contribution in [0.4, 0.5) is 0 Å². The summed E-state index contributed by atoms with van der Waals surface area (Å²) in [5.41, 5.74) is 1.21. The van der Waals surface area contributed by atoms with Gasteiger partial charge in [-0.15, -0.1) is 0 Å². The van der Waals surface area contributed by atoms with Crippen molar-refractivity contribution in [2.45, 2.75) is 51.6 Å². The van der Waals surface area contributed by atoms with Crippen LogP contribution in [-0.4, -0.2) is 30.6 Å². The first-order valence-electron chi connectivity index (χ1n) is 8.03. The minimum Gasteiger partial charge on any atom is -0.307 e. The average Bonchev–Trinajstić information content (AvgIpc) is 2.68. The van der Waals surface area contributed by atoms with Crippen LogP contribution in [0.1, 0.15) is 51.1 Å². The van der Waals surface area contributed by atoms with Gasteiger partial charge in [-0.3, -0.25) is 0 Å². The summed E-state index contributed by atoms with van der Waals surface area (Å²) in [5.74, 6) is 0. The Balaban J connectivity index is 1.90. The molecule has 1 fully saturated rings. The Morgan fingerprint density at radius 1 is 1.24 bits per heavy atom. The van der Waals surface area contributed by atoms with E-state index in [9.17, 15) is 0 Å². The number of likely N-dealkylation sites (tertiary alicyclic amines) is 1. The van der Waals surface area contributed by atoms with Gasteiger partial charge in [-0.1, -0.05) is 36.2 Å². The zero-order valence-corrected chi connectivity index (χ0v) is 14.6. The molecule has 0 radical (unpaired) electrons. The van der Waals surface area contributed by atoms with E-state index in [-0.39, 0.29) is 0 Å². The molecule has 118 valence electrons. The highest BCUT2D eigenvalue weighted by molar-refractivity contribution is 6.42. The minimum atomic E-state index is 0.308. The lowest BCUT2D eigenvalue weighted by atomic mass is 10.0. The zero-order valence-electron chi connectivity index (χ0n) is 13.0. The Kier molecular flexibility index (Phi) is 6.81. The third-order valence-electron chi connectivity index (χ3n) is 4.29. The molecule has 2 rings (SSSR count). The fourth-order valence-electron chi connectivity index (χ4n) is 3.09. The fraction of sp³-hybridized carbons (Fsp3) is 0.647. The van der Waals surface area contributed by atoms with Crippen LogP contribution in [-0.2, 0) is 0 Å². The van der Waals surface area contributed by atoms with Gasteiger partial charge in [0.2, 0.25) is 0 Å². The Morgan fingerprint density at radius 3 is 2.76 bits per heavy atom. The second-order valence-electron chi connectivity index (χ2n) is 6.03. The van der Waals surface area contributed by atoms with Gasteiger partial charge < -0.3 is 10.2 Å². The maximum atomic E-state index is 6.11. The molecule has 0 spiro atoms. The Hall–Kier alpha value is -0.280. The topological polar surface area (TPSA) is 15.3 Å². The molecule has 0 saturated carbocycles. The molecule has 1 aromatic carbocycles.